The van der Waals surface area contributed by atoms with Crippen LogP contribution in [0, 0.1) is 0 Å². The Kier molecular flexibility index (Phi) is 4.40. The van der Waals surface area contributed by atoms with E-state index in [2.05, 4.69) is 11.9 Å². The van der Waals surface area contributed by atoms with Crippen molar-refractivity contribution in [1.82, 2.24) is 14.5 Å². The number of nitrogens with zero attached hydrogens (tertiary/aromatic N) is 3. The minimum Gasteiger partial charge on any atom is -0.397 e. The third kappa shape index (κ3) is 3.17. The number of pyridine rings is 1. The molecule has 2 rings (SSSR count). The molecule has 20 heavy (non-hydrogen) atoms. The highest BCUT2D eigenvalue weighted by molar-refractivity contribution is 5.93. The van der Waals surface area contributed by atoms with Gasteiger partial charge in [-0.2, -0.15) is 0 Å². The Morgan fingerprint density at radius 2 is 2.30 bits per heavy atom. The van der Waals surface area contributed by atoms with Crippen LogP contribution in [-0.4, -0.2) is 27.4 Å². The Bertz CT molecular complexity index is 577. The number of aromatic nitrogens is 2. The second kappa shape index (κ2) is 6.23. The summed E-state index contributed by atoms with van der Waals surface area (Å²) in [5, 5.41) is 0. The number of aryl methyl sites for hydroxylation is 1. The Morgan fingerprint density at radius 3 is 2.95 bits per heavy atom. The van der Waals surface area contributed by atoms with Crippen molar-refractivity contribution in [2.75, 3.05) is 12.8 Å². The summed E-state index contributed by atoms with van der Waals surface area (Å²) >= 11 is 0. The van der Waals surface area contributed by atoms with E-state index < -0.39 is 0 Å². The molecule has 0 saturated carbocycles. The Balaban J connectivity index is 2.14. The first-order valence-corrected chi connectivity index (χ1v) is 6.71. The van der Waals surface area contributed by atoms with Crippen LogP contribution < -0.4 is 5.73 Å². The van der Waals surface area contributed by atoms with E-state index in [0.717, 1.165) is 18.5 Å². The second-order valence-corrected chi connectivity index (χ2v) is 4.87. The van der Waals surface area contributed by atoms with Gasteiger partial charge in [0.05, 0.1) is 5.69 Å². The highest BCUT2D eigenvalue weighted by Gasteiger charge is 2.17. The van der Waals surface area contributed by atoms with Crippen LogP contribution in [0.2, 0.25) is 0 Å². The normalized spacial score (nSPS) is 10.5. The van der Waals surface area contributed by atoms with Gasteiger partial charge in [-0.1, -0.05) is 13.0 Å². The van der Waals surface area contributed by atoms with Gasteiger partial charge >= 0.3 is 0 Å². The maximum Gasteiger partial charge on any atom is 0.270 e. The minimum absolute atomic E-state index is 0.0287. The van der Waals surface area contributed by atoms with Crippen LogP contribution >= 0.6 is 0 Å². The molecule has 2 heterocycles. The molecule has 0 spiro atoms. The molecule has 0 fully saturated rings. The summed E-state index contributed by atoms with van der Waals surface area (Å²) in [5.74, 6) is -0.0287. The first-order chi connectivity index (χ1) is 9.61. The zero-order valence-corrected chi connectivity index (χ0v) is 11.9. The number of hydrogen-bond donors (Lipinski definition) is 1. The van der Waals surface area contributed by atoms with Gasteiger partial charge in [-0.15, -0.1) is 0 Å². The molecule has 0 saturated heterocycles. The van der Waals surface area contributed by atoms with Crippen LogP contribution in [0.5, 0.6) is 0 Å². The average Bonchev–Trinajstić information content (AvgIpc) is 2.80. The first kappa shape index (κ1) is 14.1. The minimum atomic E-state index is -0.0287. The topological polar surface area (TPSA) is 64.2 Å². The molecule has 0 atom stereocenters. The van der Waals surface area contributed by atoms with Crippen LogP contribution in [0.4, 0.5) is 5.69 Å². The Hall–Kier alpha value is -2.30. The maximum absolute atomic E-state index is 12.5. The van der Waals surface area contributed by atoms with E-state index in [1.54, 1.807) is 30.4 Å². The van der Waals surface area contributed by atoms with Gasteiger partial charge < -0.3 is 15.2 Å². The maximum atomic E-state index is 12.5. The van der Waals surface area contributed by atoms with E-state index in [-0.39, 0.29) is 5.91 Å². The average molecular weight is 272 g/mol. The molecular weight excluding hydrogens is 252 g/mol. The van der Waals surface area contributed by atoms with Gasteiger partial charge in [0.15, 0.2) is 0 Å². The highest BCUT2D eigenvalue weighted by atomic mass is 16.2. The van der Waals surface area contributed by atoms with Crippen molar-refractivity contribution in [2.24, 2.45) is 0 Å². The van der Waals surface area contributed by atoms with Gasteiger partial charge in [-0.3, -0.25) is 9.78 Å². The summed E-state index contributed by atoms with van der Waals surface area (Å²) in [7, 11) is 1.79. The number of anilines is 1. The SMILES string of the molecule is CCCn1cc(N)cc1C(=O)N(C)Cc1cccnc1. The predicted molar refractivity (Wildman–Crippen MR) is 79.2 cm³/mol. The van der Waals surface area contributed by atoms with Crippen molar-refractivity contribution in [1.29, 1.82) is 0 Å². The fraction of sp³-hybridized carbons (Fsp3) is 0.333. The number of amides is 1. The van der Waals surface area contributed by atoms with Crippen molar-refractivity contribution >= 4 is 11.6 Å². The molecule has 106 valence electrons. The predicted octanol–water partition coefficient (Wildman–Crippen LogP) is 2.15. The van der Waals surface area contributed by atoms with Crippen LogP contribution in [0.15, 0.2) is 36.8 Å². The lowest BCUT2D eigenvalue weighted by molar-refractivity contribution is 0.0774. The molecule has 0 aliphatic heterocycles. The number of nitrogens with two attached hydrogens (primary N) is 1. The Morgan fingerprint density at radius 1 is 1.50 bits per heavy atom. The fourth-order valence-corrected chi connectivity index (χ4v) is 2.17. The van der Waals surface area contributed by atoms with Crippen molar-refractivity contribution in [3.05, 3.63) is 48.0 Å². The highest BCUT2D eigenvalue weighted by Crippen LogP contribution is 2.14. The zero-order valence-electron chi connectivity index (χ0n) is 11.9. The van der Waals surface area contributed by atoms with Crippen molar-refractivity contribution in [2.45, 2.75) is 26.4 Å². The van der Waals surface area contributed by atoms with Crippen molar-refractivity contribution in [3.63, 3.8) is 0 Å². The molecule has 1 amide bonds. The first-order valence-electron chi connectivity index (χ1n) is 6.71. The quantitative estimate of drug-likeness (QED) is 0.907. The molecular formula is C15H20N4O. The van der Waals surface area contributed by atoms with Crippen molar-refractivity contribution in [3.8, 4) is 0 Å². The lowest BCUT2D eigenvalue weighted by Gasteiger charge is -2.18. The van der Waals surface area contributed by atoms with E-state index >= 15 is 0 Å². The van der Waals surface area contributed by atoms with Crippen LogP contribution in [-0.2, 0) is 13.1 Å². The van der Waals surface area contributed by atoms with E-state index in [9.17, 15) is 4.79 Å². The van der Waals surface area contributed by atoms with Gasteiger partial charge in [-0.25, -0.2) is 0 Å². The molecule has 2 aromatic heterocycles. The summed E-state index contributed by atoms with van der Waals surface area (Å²) in [6.45, 7) is 3.40. The monoisotopic (exact) mass is 272 g/mol. The number of carbonyl (C=O) groups is 1. The van der Waals surface area contributed by atoms with Gasteiger partial charge in [0.2, 0.25) is 0 Å². The van der Waals surface area contributed by atoms with E-state index in [1.165, 1.54) is 0 Å². The number of carbonyl (C=O) groups excluding carboxylic acids is 1. The molecule has 0 radical (unpaired) electrons. The van der Waals surface area contributed by atoms with Crippen LogP contribution in [0.25, 0.3) is 0 Å². The fourth-order valence-electron chi connectivity index (χ4n) is 2.17. The van der Waals surface area contributed by atoms with E-state index in [1.807, 2.05) is 22.9 Å². The summed E-state index contributed by atoms with van der Waals surface area (Å²) < 4.78 is 1.91. The third-order valence-electron chi connectivity index (χ3n) is 3.09. The number of rotatable bonds is 5. The second-order valence-electron chi connectivity index (χ2n) is 4.87. The summed E-state index contributed by atoms with van der Waals surface area (Å²) in [6, 6.07) is 5.55. The van der Waals surface area contributed by atoms with Gasteiger partial charge in [0, 0.05) is 38.7 Å². The number of nitrogen functional groups attached to an aromatic ring is 1. The summed E-state index contributed by atoms with van der Waals surface area (Å²) in [6.07, 6.45) is 6.26. The third-order valence-corrected chi connectivity index (χ3v) is 3.09. The van der Waals surface area contributed by atoms with Crippen molar-refractivity contribution < 1.29 is 4.79 Å². The van der Waals surface area contributed by atoms with E-state index in [0.29, 0.717) is 17.9 Å². The molecule has 0 aliphatic rings. The zero-order chi connectivity index (χ0) is 14.5. The Labute approximate surface area is 119 Å². The molecule has 0 bridgehead atoms. The van der Waals surface area contributed by atoms with E-state index in [4.69, 9.17) is 5.73 Å². The molecule has 5 heteroatoms. The standard InChI is InChI=1S/C15H20N4O/c1-3-7-19-11-13(16)8-14(19)15(20)18(2)10-12-5-4-6-17-9-12/h4-6,8-9,11H,3,7,10,16H2,1-2H3. The molecule has 0 aliphatic carbocycles. The lowest BCUT2D eigenvalue weighted by Crippen LogP contribution is -2.28. The number of hydrogen-bond acceptors (Lipinski definition) is 3. The molecule has 0 unspecified atom stereocenters. The van der Waals surface area contributed by atoms with Gasteiger partial charge in [0.1, 0.15) is 5.69 Å². The van der Waals surface area contributed by atoms with Gasteiger partial charge in [-0.05, 0) is 24.1 Å². The van der Waals surface area contributed by atoms with Crippen LogP contribution in [0.1, 0.15) is 29.4 Å². The van der Waals surface area contributed by atoms with Crippen LogP contribution in [0.3, 0.4) is 0 Å². The molecule has 0 aromatic carbocycles. The summed E-state index contributed by atoms with van der Waals surface area (Å²) in [5.41, 5.74) is 8.06. The largest absolute Gasteiger partial charge is 0.397 e. The molecule has 2 aromatic rings. The summed E-state index contributed by atoms with van der Waals surface area (Å²) in [4.78, 5) is 18.2. The van der Waals surface area contributed by atoms with Gasteiger partial charge in [0.25, 0.3) is 5.91 Å². The smallest absolute Gasteiger partial charge is 0.270 e. The molecule has 5 nitrogen and oxygen atoms in total. The molecule has 2 N–H and O–H groups in total. The lowest BCUT2D eigenvalue weighted by atomic mass is 10.2.